The summed E-state index contributed by atoms with van der Waals surface area (Å²) in [7, 11) is 1.85. The van der Waals surface area contributed by atoms with Crippen LogP contribution < -0.4 is 15.5 Å². The van der Waals surface area contributed by atoms with Gasteiger partial charge in [0.2, 0.25) is 5.91 Å². The fraction of sp³-hybridized carbons (Fsp3) is 0.562. The lowest BCUT2D eigenvalue weighted by Gasteiger charge is -2.24. The SMILES string of the molecule is CC(C)N(C)c1ccc(NC(=O)CNCC2CC2)cc1F. The van der Waals surface area contributed by atoms with E-state index in [2.05, 4.69) is 10.6 Å². The predicted octanol–water partition coefficient (Wildman–Crippen LogP) is 2.61. The summed E-state index contributed by atoms with van der Waals surface area (Å²) in [4.78, 5) is 13.6. The van der Waals surface area contributed by atoms with Crippen molar-refractivity contribution < 1.29 is 9.18 Å². The van der Waals surface area contributed by atoms with Crippen LogP contribution in [-0.2, 0) is 4.79 Å². The van der Waals surface area contributed by atoms with Gasteiger partial charge in [0.25, 0.3) is 0 Å². The Bertz CT molecular complexity index is 500. The zero-order valence-corrected chi connectivity index (χ0v) is 12.9. The van der Waals surface area contributed by atoms with Crippen LogP contribution in [0.15, 0.2) is 18.2 Å². The first kappa shape index (κ1) is 15.8. The van der Waals surface area contributed by atoms with Crippen molar-refractivity contribution >= 4 is 17.3 Å². The number of nitrogens with one attached hydrogen (secondary N) is 2. The van der Waals surface area contributed by atoms with Gasteiger partial charge in [-0.3, -0.25) is 4.79 Å². The summed E-state index contributed by atoms with van der Waals surface area (Å²) in [6.07, 6.45) is 2.51. The van der Waals surface area contributed by atoms with Crippen molar-refractivity contribution in [2.45, 2.75) is 32.7 Å². The molecule has 1 amide bonds. The van der Waals surface area contributed by atoms with E-state index in [-0.39, 0.29) is 24.3 Å². The number of hydrogen-bond donors (Lipinski definition) is 2. The van der Waals surface area contributed by atoms with Gasteiger partial charge in [0.15, 0.2) is 0 Å². The Morgan fingerprint density at radius 2 is 2.14 bits per heavy atom. The molecule has 1 aromatic rings. The molecule has 0 bridgehead atoms. The number of rotatable bonds is 7. The van der Waals surface area contributed by atoms with Crippen LogP contribution in [0.3, 0.4) is 0 Å². The van der Waals surface area contributed by atoms with Gasteiger partial charge >= 0.3 is 0 Å². The van der Waals surface area contributed by atoms with Crippen LogP contribution in [-0.4, -0.2) is 32.1 Å². The van der Waals surface area contributed by atoms with E-state index in [0.29, 0.717) is 11.4 Å². The molecule has 21 heavy (non-hydrogen) atoms. The fourth-order valence-corrected chi connectivity index (χ4v) is 2.07. The van der Waals surface area contributed by atoms with Crippen LogP contribution in [0, 0.1) is 11.7 Å². The zero-order valence-electron chi connectivity index (χ0n) is 12.9. The maximum atomic E-state index is 14.1. The topological polar surface area (TPSA) is 44.4 Å². The van der Waals surface area contributed by atoms with E-state index in [1.165, 1.54) is 18.9 Å². The Morgan fingerprint density at radius 3 is 2.71 bits per heavy atom. The summed E-state index contributed by atoms with van der Waals surface area (Å²) in [5, 5.41) is 5.82. The van der Waals surface area contributed by atoms with Crippen molar-refractivity contribution in [2.75, 3.05) is 30.4 Å². The van der Waals surface area contributed by atoms with Gasteiger partial charge in [-0.15, -0.1) is 0 Å². The van der Waals surface area contributed by atoms with Gasteiger partial charge < -0.3 is 15.5 Å². The second kappa shape index (κ2) is 6.89. The van der Waals surface area contributed by atoms with Crippen LogP contribution in [0.4, 0.5) is 15.8 Å². The maximum absolute atomic E-state index is 14.1. The van der Waals surface area contributed by atoms with E-state index in [1.54, 1.807) is 12.1 Å². The van der Waals surface area contributed by atoms with Crippen LogP contribution in [0.2, 0.25) is 0 Å². The number of carbonyl (C=O) groups excluding carboxylic acids is 1. The molecule has 1 aromatic carbocycles. The lowest BCUT2D eigenvalue weighted by Crippen LogP contribution is -2.29. The van der Waals surface area contributed by atoms with Crippen molar-refractivity contribution in [3.63, 3.8) is 0 Å². The highest BCUT2D eigenvalue weighted by molar-refractivity contribution is 5.92. The largest absolute Gasteiger partial charge is 0.370 e. The molecule has 0 unspecified atom stereocenters. The molecule has 0 aliphatic heterocycles. The molecule has 0 aromatic heterocycles. The van der Waals surface area contributed by atoms with Gasteiger partial charge in [-0.25, -0.2) is 4.39 Å². The smallest absolute Gasteiger partial charge is 0.238 e. The van der Waals surface area contributed by atoms with Crippen LogP contribution >= 0.6 is 0 Å². The molecule has 0 spiro atoms. The molecule has 0 heterocycles. The van der Waals surface area contributed by atoms with Crippen LogP contribution in [0.25, 0.3) is 0 Å². The number of carbonyl (C=O) groups is 1. The molecule has 4 nitrogen and oxygen atoms in total. The van der Waals surface area contributed by atoms with E-state index in [1.807, 2.05) is 25.8 Å². The molecule has 2 rings (SSSR count). The number of hydrogen-bond acceptors (Lipinski definition) is 3. The van der Waals surface area contributed by atoms with E-state index < -0.39 is 0 Å². The highest BCUT2D eigenvalue weighted by atomic mass is 19.1. The molecular formula is C16H24FN3O. The molecule has 1 aliphatic carbocycles. The lowest BCUT2D eigenvalue weighted by molar-refractivity contribution is -0.115. The van der Waals surface area contributed by atoms with Crippen LogP contribution in [0.1, 0.15) is 26.7 Å². The molecule has 0 saturated heterocycles. The van der Waals surface area contributed by atoms with Gasteiger partial charge in [-0.2, -0.15) is 0 Å². The molecule has 1 fully saturated rings. The fourth-order valence-electron chi connectivity index (χ4n) is 2.07. The van der Waals surface area contributed by atoms with Gasteiger partial charge in [0, 0.05) is 18.8 Å². The lowest BCUT2D eigenvalue weighted by atomic mass is 10.2. The monoisotopic (exact) mass is 293 g/mol. The first-order valence-electron chi connectivity index (χ1n) is 7.50. The highest BCUT2D eigenvalue weighted by Gasteiger charge is 2.20. The van der Waals surface area contributed by atoms with E-state index >= 15 is 0 Å². The summed E-state index contributed by atoms with van der Waals surface area (Å²) in [5.41, 5.74) is 1.03. The highest BCUT2D eigenvalue weighted by Crippen LogP contribution is 2.27. The summed E-state index contributed by atoms with van der Waals surface area (Å²) in [5.74, 6) is 0.274. The molecule has 116 valence electrons. The van der Waals surface area contributed by atoms with Crippen molar-refractivity contribution in [3.8, 4) is 0 Å². The maximum Gasteiger partial charge on any atom is 0.238 e. The normalized spacial score (nSPS) is 14.3. The van der Waals surface area contributed by atoms with Crippen molar-refractivity contribution in [1.29, 1.82) is 0 Å². The van der Waals surface area contributed by atoms with Gasteiger partial charge in [0.05, 0.1) is 12.2 Å². The van der Waals surface area contributed by atoms with Gasteiger partial charge in [0.1, 0.15) is 5.82 Å². The van der Waals surface area contributed by atoms with Crippen molar-refractivity contribution in [3.05, 3.63) is 24.0 Å². The number of nitrogens with zero attached hydrogens (tertiary/aromatic N) is 1. The molecule has 2 N–H and O–H groups in total. The van der Waals surface area contributed by atoms with E-state index in [9.17, 15) is 9.18 Å². The molecule has 0 radical (unpaired) electrons. The van der Waals surface area contributed by atoms with E-state index in [0.717, 1.165) is 12.5 Å². The predicted molar refractivity (Wildman–Crippen MR) is 84.2 cm³/mol. The summed E-state index contributed by atoms with van der Waals surface area (Å²) < 4.78 is 14.1. The average Bonchev–Trinajstić information content (AvgIpc) is 3.22. The molecular weight excluding hydrogens is 269 g/mol. The summed E-state index contributed by atoms with van der Waals surface area (Å²) in [6.45, 7) is 5.16. The standard InChI is InChI=1S/C16H24FN3O/c1-11(2)20(3)15-7-6-13(8-14(15)17)19-16(21)10-18-9-12-4-5-12/h6-8,11-12,18H,4-5,9-10H2,1-3H3,(H,19,21). The second-order valence-electron chi connectivity index (χ2n) is 5.99. The minimum atomic E-state index is -0.324. The Hall–Kier alpha value is -1.62. The van der Waals surface area contributed by atoms with Crippen molar-refractivity contribution in [1.82, 2.24) is 5.32 Å². The zero-order chi connectivity index (χ0) is 15.4. The second-order valence-corrected chi connectivity index (χ2v) is 5.99. The number of amides is 1. The first-order chi connectivity index (χ1) is 9.97. The Labute approximate surface area is 125 Å². The molecule has 5 heteroatoms. The van der Waals surface area contributed by atoms with Crippen LogP contribution in [0.5, 0.6) is 0 Å². The van der Waals surface area contributed by atoms with E-state index in [4.69, 9.17) is 0 Å². The Balaban J connectivity index is 1.88. The quantitative estimate of drug-likeness (QED) is 0.812. The third-order valence-corrected chi connectivity index (χ3v) is 3.80. The Morgan fingerprint density at radius 1 is 1.43 bits per heavy atom. The average molecular weight is 293 g/mol. The number of anilines is 2. The minimum Gasteiger partial charge on any atom is -0.370 e. The summed E-state index contributed by atoms with van der Waals surface area (Å²) in [6, 6.07) is 5.01. The third-order valence-electron chi connectivity index (χ3n) is 3.80. The first-order valence-corrected chi connectivity index (χ1v) is 7.50. The van der Waals surface area contributed by atoms with Gasteiger partial charge in [-0.05, 0) is 57.4 Å². The molecule has 1 aliphatic rings. The summed E-state index contributed by atoms with van der Waals surface area (Å²) >= 11 is 0. The number of benzene rings is 1. The van der Waals surface area contributed by atoms with Gasteiger partial charge in [-0.1, -0.05) is 0 Å². The minimum absolute atomic E-state index is 0.139. The molecule has 1 saturated carbocycles. The Kier molecular flexibility index (Phi) is 5.17. The number of halogens is 1. The molecule has 0 atom stereocenters. The van der Waals surface area contributed by atoms with Crippen molar-refractivity contribution in [2.24, 2.45) is 5.92 Å². The third kappa shape index (κ3) is 4.70.